The molecular formula is C16H17BrN2O4S. The average Bonchev–Trinajstić information content (AvgIpc) is 2.55. The monoisotopic (exact) mass is 412 g/mol. The van der Waals surface area contributed by atoms with Gasteiger partial charge in [-0.3, -0.25) is 4.79 Å². The number of hydrogen-bond donors (Lipinski definition) is 2. The van der Waals surface area contributed by atoms with Crippen LogP contribution in [0.1, 0.15) is 6.42 Å². The molecule has 2 N–H and O–H groups in total. The van der Waals surface area contributed by atoms with Crippen LogP contribution in [0.15, 0.2) is 57.9 Å². The standard InChI is InChI=1S/C16H17BrN2O4S/c1-23-14-6-3-5-13(11-14)19-16(20)8-9-18-24(21,22)15-7-2-4-12(17)10-15/h2-7,10-11,18H,8-9H2,1H3,(H,19,20). The highest BCUT2D eigenvalue weighted by Crippen LogP contribution is 2.17. The molecule has 0 aromatic heterocycles. The van der Waals surface area contributed by atoms with Gasteiger partial charge in [0, 0.05) is 29.2 Å². The van der Waals surface area contributed by atoms with Crippen LogP contribution in [0.2, 0.25) is 0 Å². The van der Waals surface area contributed by atoms with E-state index >= 15 is 0 Å². The molecule has 2 rings (SSSR count). The number of hydrogen-bond acceptors (Lipinski definition) is 4. The van der Waals surface area contributed by atoms with Crippen LogP contribution in [0, 0.1) is 0 Å². The quantitative estimate of drug-likeness (QED) is 0.731. The Morgan fingerprint density at radius 2 is 1.92 bits per heavy atom. The molecule has 0 unspecified atom stereocenters. The fourth-order valence-corrected chi connectivity index (χ4v) is 3.57. The van der Waals surface area contributed by atoms with Crippen LogP contribution in [0.3, 0.4) is 0 Å². The van der Waals surface area contributed by atoms with Gasteiger partial charge in [0.05, 0.1) is 12.0 Å². The van der Waals surface area contributed by atoms with Crippen LogP contribution >= 0.6 is 15.9 Å². The van der Waals surface area contributed by atoms with Crippen LogP contribution < -0.4 is 14.8 Å². The molecule has 0 saturated carbocycles. The first-order chi connectivity index (χ1) is 11.4. The zero-order valence-corrected chi connectivity index (χ0v) is 15.4. The fourth-order valence-electron chi connectivity index (χ4n) is 1.94. The first-order valence-electron chi connectivity index (χ1n) is 7.10. The van der Waals surface area contributed by atoms with E-state index in [9.17, 15) is 13.2 Å². The zero-order valence-electron chi connectivity index (χ0n) is 13.0. The largest absolute Gasteiger partial charge is 0.497 e. The van der Waals surface area contributed by atoms with Crippen LogP contribution in [-0.2, 0) is 14.8 Å². The number of sulfonamides is 1. The number of carbonyl (C=O) groups is 1. The molecule has 128 valence electrons. The summed E-state index contributed by atoms with van der Waals surface area (Å²) in [5.74, 6) is 0.336. The molecule has 2 aromatic rings. The molecule has 0 bridgehead atoms. The van der Waals surface area contributed by atoms with Crippen molar-refractivity contribution < 1.29 is 17.9 Å². The van der Waals surface area contributed by atoms with Crippen molar-refractivity contribution >= 4 is 37.5 Å². The minimum absolute atomic E-state index is 0.00461. The number of halogens is 1. The fraction of sp³-hybridized carbons (Fsp3) is 0.188. The van der Waals surface area contributed by atoms with Crippen molar-refractivity contribution in [3.05, 3.63) is 53.0 Å². The minimum Gasteiger partial charge on any atom is -0.497 e. The summed E-state index contributed by atoms with van der Waals surface area (Å²) in [4.78, 5) is 12.0. The van der Waals surface area contributed by atoms with E-state index in [0.717, 1.165) is 0 Å². The van der Waals surface area contributed by atoms with Crippen molar-refractivity contribution in [1.82, 2.24) is 4.72 Å². The lowest BCUT2D eigenvalue weighted by Crippen LogP contribution is -2.27. The smallest absolute Gasteiger partial charge is 0.240 e. The lowest BCUT2D eigenvalue weighted by Gasteiger charge is -2.09. The maximum Gasteiger partial charge on any atom is 0.240 e. The summed E-state index contributed by atoms with van der Waals surface area (Å²) in [6.07, 6.45) is 0.0183. The molecule has 0 atom stereocenters. The van der Waals surface area contributed by atoms with Gasteiger partial charge in [0.1, 0.15) is 5.75 Å². The van der Waals surface area contributed by atoms with Crippen molar-refractivity contribution in [1.29, 1.82) is 0 Å². The van der Waals surface area contributed by atoms with Gasteiger partial charge in [-0.05, 0) is 30.3 Å². The highest BCUT2D eigenvalue weighted by atomic mass is 79.9. The van der Waals surface area contributed by atoms with E-state index in [1.807, 2.05) is 0 Å². The number of carbonyl (C=O) groups excluding carboxylic acids is 1. The average molecular weight is 413 g/mol. The van der Waals surface area contributed by atoms with Gasteiger partial charge in [0.15, 0.2) is 0 Å². The van der Waals surface area contributed by atoms with Crippen LogP contribution in [-0.4, -0.2) is 28.0 Å². The molecule has 0 saturated heterocycles. The second-order valence-corrected chi connectivity index (χ2v) is 7.57. The van der Waals surface area contributed by atoms with Crippen LogP contribution in [0.5, 0.6) is 5.75 Å². The van der Waals surface area contributed by atoms with E-state index in [4.69, 9.17) is 4.74 Å². The SMILES string of the molecule is COc1cccc(NC(=O)CCNS(=O)(=O)c2cccc(Br)c2)c1. The van der Waals surface area contributed by atoms with Gasteiger partial charge in [0.2, 0.25) is 15.9 Å². The van der Waals surface area contributed by atoms with Gasteiger partial charge in [0.25, 0.3) is 0 Å². The number of benzene rings is 2. The summed E-state index contributed by atoms with van der Waals surface area (Å²) in [6.45, 7) is 0.00461. The van der Waals surface area contributed by atoms with Crippen LogP contribution in [0.25, 0.3) is 0 Å². The van der Waals surface area contributed by atoms with E-state index in [1.54, 1.807) is 36.4 Å². The van der Waals surface area contributed by atoms with Crippen molar-refractivity contribution in [3.8, 4) is 5.75 Å². The Hall–Kier alpha value is -1.90. The van der Waals surface area contributed by atoms with Crippen molar-refractivity contribution in [3.63, 3.8) is 0 Å². The van der Waals surface area contributed by atoms with Gasteiger partial charge in [-0.1, -0.05) is 28.1 Å². The molecule has 0 aliphatic rings. The number of anilines is 1. The number of nitrogens with one attached hydrogen (secondary N) is 2. The maximum absolute atomic E-state index is 12.1. The van der Waals surface area contributed by atoms with Gasteiger partial charge >= 0.3 is 0 Å². The minimum atomic E-state index is -3.64. The summed E-state index contributed by atoms with van der Waals surface area (Å²) in [6, 6.07) is 13.3. The second kappa shape index (κ2) is 8.27. The Kier molecular flexibility index (Phi) is 6.36. The molecule has 0 fully saturated rings. The predicted octanol–water partition coefficient (Wildman–Crippen LogP) is 2.76. The van der Waals surface area contributed by atoms with E-state index in [1.165, 1.54) is 19.2 Å². The first-order valence-corrected chi connectivity index (χ1v) is 9.37. The number of rotatable bonds is 7. The van der Waals surface area contributed by atoms with E-state index < -0.39 is 10.0 Å². The topological polar surface area (TPSA) is 84.5 Å². The summed E-state index contributed by atoms with van der Waals surface area (Å²) in [7, 11) is -2.10. The molecule has 0 radical (unpaired) electrons. The van der Waals surface area contributed by atoms with Gasteiger partial charge in [-0.15, -0.1) is 0 Å². The highest BCUT2D eigenvalue weighted by Gasteiger charge is 2.14. The lowest BCUT2D eigenvalue weighted by molar-refractivity contribution is -0.116. The van der Waals surface area contributed by atoms with Gasteiger partial charge < -0.3 is 10.1 Å². The van der Waals surface area contributed by atoms with Crippen molar-refractivity contribution in [2.75, 3.05) is 19.0 Å². The Labute approximate surface area is 149 Å². The molecule has 24 heavy (non-hydrogen) atoms. The number of amides is 1. The zero-order chi connectivity index (χ0) is 17.6. The van der Waals surface area contributed by atoms with E-state index in [2.05, 4.69) is 26.0 Å². The third kappa shape index (κ3) is 5.33. The predicted molar refractivity (Wildman–Crippen MR) is 95.6 cm³/mol. The van der Waals surface area contributed by atoms with Crippen LogP contribution in [0.4, 0.5) is 5.69 Å². The highest BCUT2D eigenvalue weighted by molar-refractivity contribution is 9.10. The third-order valence-corrected chi connectivity index (χ3v) is 5.06. The van der Waals surface area contributed by atoms with E-state index in [0.29, 0.717) is 15.9 Å². The Morgan fingerprint density at radius 3 is 2.62 bits per heavy atom. The number of methoxy groups -OCH3 is 1. The van der Waals surface area contributed by atoms with Gasteiger partial charge in [-0.25, -0.2) is 13.1 Å². The summed E-state index contributed by atoms with van der Waals surface area (Å²) >= 11 is 3.23. The molecule has 0 aliphatic carbocycles. The Morgan fingerprint density at radius 1 is 1.17 bits per heavy atom. The molecule has 0 spiro atoms. The Balaban J connectivity index is 1.88. The molecule has 0 heterocycles. The normalized spacial score (nSPS) is 11.1. The molecule has 1 amide bonds. The Bertz CT molecular complexity index is 824. The van der Waals surface area contributed by atoms with Crippen molar-refractivity contribution in [2.45, 2.75) is 11.3 Å². The molecule has 2 aromatic carbocycles. The molecule has 8 heteroatoms. The van der Waals surface area contributed by atoms with Gasteiger partial charge in [-0.2, -0.15) is 0 Å². The number of ether oxygens (including phenoxy) is 1. The van der Waals surface area contributed by atoms with Crippen molar-refractivity contribution in [2.24, 2.45) is 0 Å². The lowest BCUT2D eigenvalue weighted by atomic mass is 10.3. The third-order valence-electron chi connectivity index (χ3n) is 3.10. The molecular weight excluding hydrogens is 396 g/mol. The van der Waals surface area contributed by atoms with E-state index in [-0.39, 0.29) is 23.8 Å². The molecule has 0 aliphatic heterocycles. The molecule has 6 nitrogen and oxygen atoms in total. The second-order valence-electron chi connectivity index (χ2n) is 4.89. The first kappa shape index (κ1) is 18.4. The summed E-state index contributed by atoms with van der Waals surface area (Å²) < 4.78 is 32.4. The maximum atomic E-state index is 12.1. The summed E-state index contributed by atoms with van der Waals surface area (Å²) in [5.41, 5.74) is 0.592. The summed E-state index contributed by atoms with van der Waals surface area (Å²) in [5, 5.41) is 2.69.